The van der Waals surface area contributed by atoms with Gasteiger partial charge in [0.2, 0.25) is 12.0 Å². The number of phenols is 1. The lowest BCUT2D eigenvalue weighted by Crippen LogP contribution is -2.59. The van der Waals surface area contributed by atoms with Gasteiger partial charge < -0.3 is 30.3 Å². The van der Waals surface area contributed by atoms with Crippen molar-refractivity contribution < 1.29 is 38.9 Å². The van der Waals surface area contributed by atoms with Crippen LogP contribution in [0.1, 0.15) is 35.3 Å². The van der Waals surface area contributed by atoms with Gasteiger partial charge in [0.05, 0.1) is 23.6 Å². The molecular weight excluding hydrogens is 542 g/mol. The summed E-state index contributed by atoms with van der Waals surface area (Å²) in [7, 11) is 0. The van der Waals surface area contributed by atoms with E-state index in [2.05, 4.69) is 15.6 Å². The molecular formula is C31H33N3O8. The standard InChI is InChI=1S/C31H33N3O8/c1-18-27(36)23(15-21-11-8-14-32-17-21)33-29(38)26(34-28(37)22-12-6-7-13-24(22)35)19(2)41-31(40)25(42-30(18)39)16-20-9-4-3-5-10-20/h3-14,17-19,23,25-27,35-36H,15-16H2,1-2H3,(H,33,38)(H,34,37). The molecule has 3 aromatic rings. The highest BCUT2D eigenvalue weighted by molar-refractivity contribution is 6.00. The second-order valence-electron chi connectivity index (χ2n) is 10.2. The van der Waals surface area contributed by atoms with Gasteiger partial charge in [0.25, 0.3) is 5.91 Å². The second-order valence-corrected chi connectivity index (χ2v) is 10.2. The van der Waals surface area contributed by atoms with Gasteiger partial charge in [-0.3, -0.25) is 19.4 Å². The average molecular weight is 576 g/mol. The van der Waals surface area contributed by atoms with E-state index in [0.29, 0.717) is 11.1 Å². The molecule has 11 nitrogen and oxygen atoms in total. The minimum Gasteiger partial charge on any atom is -0.507 e. The molecule has 1 fully saturated rings. The minimum absolute atomic E-state index is 0.0127. The number of aromatic nitrogens is 1. The number of amides is 2. The zero-order chi connectivity index (χ0) is 30.2. The first-order valence-electron chi connectivity index (χ1n) is 13.5. The van der Waals surface area contributed by atoms with Crippen molar-refractivity contribution in [3.63, 3.8) is 0 Å². The number of rotatable bonds is 6. The fourth-order valence-electron chi connectivity index (χ4n) is 4.65. The quantitative estimate of drug-likeness (QED) is 0.320. The summed E-state index contributed by atoms with van der Waals surface area (Å²) in [5, 5.41) is 26.7. The van der Waals surface area contributed by atoms with E-state index in [-0.39, 0.29) is 24.2 Å². The molecule has 0 bridgehead atoms. The van der Waals surface area contributed by atoms with Gasteiger partial charge in [0.15, 0.2) is 0 Å². The number of esters is 2. The van der Waals surface area contributed by atoms with Gasteiger partial charge in [0.1, 0.15) is 17.9 Å². The van der Waals surface area contributed by atoms with Crippen LogP contribution in [0.2, 0.25) is 0 Å². The molecule has 1 saturated heterocycles. The number of cyclic esters (lactones) is 2. The van der Waals surface area contributed by atoms with Gasteiger partial charge in [0, 0.05) is 18.8 Å². The van der Waals surface area contributed by atoms with Crippen molar-refractivity contribution in [2.24, 2.45) is 5.92 Å². The number of carbonyl (C=O) groups is 4. The number of aliphatic hydroxyl groups is 1. The van der Waals surface area contributed by atoms with Gasteiger partial charge >= 0.3 is 11.9 Å². The highest BCUT2D eigenvalue weighted by Gasteiger charge is 2.40. The first-order valence-corrected chi connectivity index (χ1v) is 13.5. The summed E-state index contributed by atoms with van der Waals surface area (Å²) in [6.45, 7) is 2.85. The Hall–Kier alpha value is -4.77. The molecule has 220 valence electrons. The Kier molecular flexibility index (Phi) is 9.87. The fourth-order valence-corrected chi connectivity index (χ4v) is 4.65. The third-order valence-electron chi connectivity index (χ3n) is 7.08. The van der Waals surface area contributed by atoms with E-state index in [1.807, 2.05) is 0 Å². The van der Waals surface area contributed by atoms with Gasteiger partial charge in [-0.05, 0) is 49.6 Å². The number of hydrogen-bond acceptors (Lipinski definition) is 9. The molecule has 6 unspecified atom stereocenters. The van der Waals surface area contributed by atoms with E-state index in [9.17, 15) is 29.4 Å². The highest BCUT2D eigenvalue weighted by Crippen LogP contribution is 2.20. The van der Waals surface area contributed by atoms with E-state index in [4.69, 9.17) is 9.47 Å². The third-order valence-corrected chi connectivity index (χ3v) is 7.08. The Morgan fingerprint density at radius 2 is 1.60 bits per heavy atom. The molecule has 4 rings (SSSR count). The number of nitrogens with zero attached hydrogens (tertiary/aromatic N) is 1. The molecule has 2 aromatic carbocycles. The molecule has 1 aliphatic heterocycles. The first-order chi connectivity index (χ1) is 20.1. The van der Waals surface area contributed by atoms with Crippen LogP contribution in [0.4, 0.5) is 0 Å². The number of benzene rings is 2. The fraction of sp³-hybridized carbons (Fsp3) is 0.323. The Bertz CT molecular complexity index is 1400. The van der Waals surface area contributed by atoms with Gasteiger partial charge in [-0.1, -0.05) is 48.5 Å². The van der Waals surface area contributed by atoms with Crippen LogP contribution in [-0.4, -0.2) is 69.3 Å². The van der Waals surface area contributed by atoms with Crippen molar-refractivity contribution in [2.45, 2.75) is 57.1 Å². The number of aliphatic hydroxyl groups excluding tert-OH is 1. The molecule has 2 amide bonds. The molecule has 0 saturated carbocycles. The van der Waals surface area contributed by atoms with Gasteiger partial charge in [-0.2, -0.15) is 0 Å². The molecule has 1 aromatic heterocycles. The molecule has 6 atom stereocenters. The normalized spacial score (nSPS) is 25.2. The molecule has 0 spiro atoms. The number of hydrogen-bond donors (Lipinski definition) is 4. The number of nitrogens with one attached hydrogen (secondary N) is 2. The summed E-state index contributed by atoms with van der Waals surface area (Å²) in [5.74, 6) is -4.78. The monoisotopic (exact) mass is 575 g/mol. The summed E-state index contributed by atoms with van der Waals surface area (Å²) in [5.41, 5.74) is 1.27. The lowest BCUT2D eigenvalue weighted by Gasteiger charge is -2.33. The van der Waals surface area contributed by atoms with Crippen molar-refractivity contribution >= 4 is 23.8 Å². The number of carbonyl (C=O) groups excluding carboxylic acids is 4. The van der Waals surface area contributed by atoms with E-state index in [1.165, 1.54) is 26.0 Å². The molecule has 4 N–H and O–H groups in total. The van der Waals surface area contributed by atoms with E-state index < -0.39 is 60.1 Å². The zero-order valence-corrected chi connectivity index (χ0v) is 23.2. The van der Waals surface area contributed by atoms with Crippen LogP contribution in [0.3, 0.4) is 0 Å². The van der Waals surface area contributed by atoms with Crippen LogP contribution in [0.15, 0.2) is 79.1 Å². The molecule has 0 aliphatic carbocycles. The number of ether oxygens (including phenoxy) is 2. The Balaban J connectivity index is 1.69. The Labute approximate surface area is 242 Å². The Morgan fingerprint density at radius 1 is 0.905 bits per heavy atom. The van der Waals surface area contributed by atoms with Crippen molar-refractivity contribution in [2.75, 3.05) is 0 Å². The molecule has 2 heterocycles. The summed E-state index contributed by atoms with van der Waals surface area (Å²) < 4.78 is 11.2. The SMILES string of the molecule is CC1OC(=O)C(Cc2ccccc2)OC(=O)C(C)C(O)C(Cc2cccnc2)NC(=O)C1NC(=O)c1ccccc1O. The average Bonchev–Trinajstić information content (AvgIpc) is 2.99. The van der Waals surface area contributed by atoms with Crippen LogP contribution < -0.4 is 10.6 Å². The zero-order valence-electron chi connectivity index (χ0n) is 23.2. The maximum Gasteiger partial charge on any atom is 0.348 e. The summed E-state index contributed by atoms with van der Waals surface area (Å²) in [6, 6.07) is 15.6. The lowest BCUT2D eigenvalue weighted by atomic mass is 9.92. The van der Waals surface area contributed by atoms with Crippen molar-refractivity contribution in [1.29, 1.82) is 0 Å². The molecule has 0 radical (unpaired) electrons. The predicted molar refractivity (Wildman–Crippen MR) is 150 cm³/mol. The summed E-state index contributed by atoms with van der Waals surface area (Å²) in [6.07, 6.45) is -0.827. The smallest absolute Gasteiger partial charge is 0.348 e. The van der Waals surface area contributed by atoms with E-state index >= 15 is 0 Å². The van der Waals surface area contributed by atoms with Crippen LogP contribution in [0.5, 0.6) is 5.75 Å². The van der Waals surface area contributed by atoms with E-state index in [0.717, 1.165) is 0 Å². The maximum absolute atomic E-state index is 13.7. The van der Waals surface area contributed by atoms with Crippen molar-refractivity contribution in [1.82, 2.24) is 15.6 Å². The molecule has 1 aliphatic rings. The topological polar surface area (TPSA) is 164 Å². The van der Waals surface area contributed by atoms with Gasteiger partial charge in [-0.25, -0.2) is 4.79 Å². The lowest BCUT2D eigenvalue weighted by molar-refractivity contribution is -0.177. The number of aromatic hydroxyl groups is 1. The van der Waals surface area contributed by atoms with Crippen LogP contribution >= 0.6 is 0 Å². The maximum atomic E-state index is 13.7. The number of pyridine rings is 1. The summed E-state index contributed by atoms with van der Waals surface area (Å²) in [4.78, 5) is 57.3. The first kappa shape index (κ1) is 30.2. The van der Waals surface area contributed by atoms with Gasteiger partial charge in [-0.15, -0.1) is 0 Å². The number of para-hydroxylation sites is 1. The predicted octanol–water partition coefficient (Wildman–Crippen LogP) is 1.71. The second kappa shape index (κ2) is 13.7. The largest absolute Gasteiger partial charge is 0.507 e. The summed E-state index contributed by atoms with van der Waals surface area (Å²) >= 11 is 0. The minimum atomic E-state index is -1.44. The molecule has 42 heavy (non-hydrogen) atoms. The van der Waals surface area contributed by atoms with Crippen LogP contribution in [0.25, 0.3) is 0 Å². The van der Waals surface area contributed by atoms with Crippen molar-refractivity contribution in [3.05, 3.63) is 95.8 Å². The molecule has 11 heteroatoms. The van der Waals surface area contributed by atoms with Crippen LogP contribution in [-0.2, 0) is 36.7 Å². The third kappa shape index (κ3) is 7.49. The van der Waals surface area contributed by atoms with Crippen LogP contribution in [0, 0.1) is 5.92 Å². The van der Waals surface area contributed by atoms with E-state index in [1.54, 1.807) is 67.0 Å². The highest BCUT2D eigenvalue weighted by atomic mass is 16.6. The Morgan fingerprint density at radius 3 is 2.29 bits per heavy atom. The number of phenolic OH excluding ortho intramolecular Hbond substituents is 1. The van der Waals surface area contributed by atoms with Crippen molar-refractivity contribution in [3.8, 4) is 5.75 Å².